The topological polar surface area (TPSA) is 29.1 Å². The molecule has 0 aromatic heterocycles. The number of hydrogen-bond acceptors (Lipinski definition) is 2. The van der Waals surface area contributed by atoms with E-state index >= 15 is 0 Å². The molecule has 54 valence electrons. The van der Waals surface area contributed by atoms with E-state index in [0.29, 0.717) is 5.78 Å². The number of carbonyl (C=O) groups excluding carboxylic acids is 1. The summed E-state index contributed by atoms with van der Waals surface area (Å²) in [6, 6.07) is 0. The lowest BCUT2D eigenvalue weighted by Gasteiger charge is -2.16. The van der Waals surface area contributed by atoms with Crippen LogP contribution >= 0.6 is 17.0 Å². The predicted octanol–water partition coefficient (Wildman–Crippen LogP) is 0.763. The van der Waals surface area contributed by atoms with Gasteiger partial charge >= 0.3 is 0 Å². The molecule has 1 rings (SSSR count). The minimum atomic E-state index is 0. The van der Waals surface area contributed by atoms with E-state index in [2.05, 4.69) is 5.32 Å². The van der Waals surface area contributed by atoms with Gasteiger partial charge in [0.2, 0.25) is 0 Å². The van der Waals surface area contributed by atoms with Crippen LogP contribution < -0.4 is 5.32 Å². The SMILES string of the molecule is Br.CC1CNCCC1=O. The van der Waals surface area contributed by atoms with Crippen molar-refractivity contribution in [1.82, 2.24) is 5.32 Å². The van der Waals surface area contributed by atoms with Crippen molar-refractivity contribution in [3.05, 3.63) is 0 Å². The average molecular weight is 194 g/mol. The van der Waals surface area contributed by atoms with Crippen molar-refractivity contribution in [2.24, 2.45) is 5.92 Å². The van der Waals surface area contributed by atoms with Crippen LogP contribution in [0.25, 0.3) is 0 Å². The quantitative estimate of drug-likeness (QED) is 0.616. The fraction of sp³-hybridized carbons (Fsp3) is 0.833. The molecule has 0 aliphatic carbocycles. The molecule has 1 fully saturated rings. The van der Waals surface area contributed by atoms with Gasteiger partial charge in [0.25, 0.3) is 0 Å². The Morgan fingerprint density at radius 1 is 1.67 bits per heavy atom. The van der Waals surface area contributed by atoms with Crippen LogP contribution in [0, 0.1) is 5.92 Å². The van der Waals surface area contributed by atoms with Gasteiger partial charge in [-0.15, -0.1) is 17.0 Å². The number of hydrogen-bond donors (Lipinski definition) is 1. The molecule has 0 radical (unpaired) electrons. The van der Waals surface area contributed by atoms with Gasteiger partial charge in [0, 0.05) is 25.4 Å². The lowest BCUT2D eigenvalue weighted by molar-refractivity contribution is -0.123. The maximum absolute atomic E-state index is 10.8. The van der Waals surface area contributed by atoms with Gasteiger partial charge in [0.1, 0.15) is 5.78 Å². The van der Waals surface area contributed by atoms with E-state index in [9.17, 15) is 4.79 Å². The van der Waals surface area contributed by atoms with Gasteiger partial charge in [0.15, 0.2) is 0 Å². The molecular weight excluding hydrogens is 182 g/mol. The molecule has 1 N–H and O–H groups in total. The first-order chi connectivity index (χ1) is 3.80. The molecule has 2 nitrogen and oxygen atoms in total. The van der Waals surface area contributed by atoms with Crippen LogP contribution in [-0.4, -0.2) is 18.9 Å². The van der Waals surface area contributed by atoms with E-state index in [1.807, 2.05) is 6.92 Å². The summed E-state index contributed by atoms with van der Waals surface area (Å²) >= 11 is 0. The number of rotatable bonds is 0. The molecule has 1 unspecified atom stereocenters. The molecule has 1 heterocycles. The molecule has 0 spiro atoms. The summed E-state index contributed by atoms with van der Waals surface area (Å²) in [6.45, 7) is 3.72. The fourth-order valence-corrected chi connectivity index (χ4v) is 0.890. The Morgan fingerprint density at radius 3 is 2.67 bits per heavy atom. The van der Waals surface area contributed by atoms with Gasteiger partial charge in [-0.1, -0.05) is 6.92 Å². The van der Waals surface area contributed by atoms with E-state index in [0.717, 1.165) is 19.5 Å². The number of carbonyl (C=O) groups is 1. The van der Waals surface area contributed by atoms with E-state index < -0.39 is 0 Å². The Bertz CT molecular complexity index is 105. The second-order valence-electron chi connectivity index (χ2n) is 2.32. The first-order valence-corrected chi connectivity index (χ1v) is 3.04. The molecule has 0 aromatic rings. The molecule has 0 saturated carbocycles. The van der Waals surface area contributed by atoms with Crippen molar-refractivity contribution < 1.29 is 4.79 Å². The standard InChI is InChI=1S/C6H11NO.BrH/c1-5-4-7-3-2-6(5)8;/h5,7H,2-4H2,1H3;1H. The monoisotopic (exact) mass is 193 g/mol. The molecule has 0 amide bonds. The highest BCUT2D eigenvalue weighted by atomic mass is 79.9. The average Bonchev–Trinajstić information content (AvgIpc) is 1.77. The molecule has 1 saturated heterocycles. The van der Waals surface area contributed by atoms with Gasteiger partial charge in [0.05, 0.1) is 0 Å². The van der Waals surface area contributed by atoms with Crippen molar-refractivity contribution in [2.75, 3.05) is 13.1 Å². The van der Waals surface area contributed by atoms with E-state index in [4.69, 9.17) is 0 Å². The van der Waals surface area contributed by atoms with Gasteiger partial charge in [-0.25, -0.2) is 0 Å². The molecule has 9 heavy (non-hydrogen) atoms. The molecule has 0 aromatic carbocycles. The largest absolute Gasteiger partial charge is 0.316 e. The predicted molar refractivity (Wildman–Crippen MR) is 42.0 cm³/mol. The number of ketones is 1. The zero-order chi connectivity index (χ0) is 5.98. The van der Waals surface area contributed by atoms with Crippen LogP contribution in [-0.2, 0) is 4.79 Å². The maximum atomic E-state index is 10.8. The van der Waals surface area contributed by atoms with Crippen LogP contribution in [0.15, 0.2) is 0 Å². The van der Waals surface area contributed by atoms with E-state index in [-0.39, 0.29) is 22.9 Å². The van der Waals surface area contributed by atoms with Crippen LogP contribution in [0.4, 0.5) is 0 Å². The van der Waals surface area contributed by atoms with Gasteiger partial charge in [-0.2, -0.15) is 0 Å². The first kappa shape index (κ1) is 9.11. The Hall–Kier alpha value is 0.110. The molecule has 1 aliphatic rings. The highest BCUT2D eigenvalue weighted by molar-refractivity contribution is 8.93. The fourth-order valence-electron chi connectivity index (χ4n) is 0.890. The molecule has 0 bridgehead atoms. The molecule has 1 atom stereocenters. The Labute approximate surface area is 65.8 Å². The summed E-state index contributed by atoms with van der Waals surface area (Å²) < 4.78 is 0. The second kappa shape index (κ2) is 4.01. The van der Waals surface area contributed by atoms with E-state index in [1.54, 1.807) is 0 Å². The van der Waals surface area contributed by atoms with Gasteiger partial charge in [-0.05, 0) is 0 Å². The number of Topliss-reactive ketones (excluding diaryl/α,β-unsaturated/α-hetero) is 1. The second-order valence-corrected chi connectivity index (χ2v) is 2.32. The van der Waals surface area contributed by atoms with Gasteiger partial charge in [-0.3, -0.25) is 4.79 Å². The Morgan fingerprint density at radius 2 is 2.33 bits per heavy atom. The minimum absolute atomic E-state index is 0. The van der Waals surface area contributed by atoms with Crippen molar-refractivity contribution in [1.29, 1.82) is 0 Å². The number of piperidine rings is 1. The molecule has 1 aliphatic heterocycles. The Kier molecular flexibility index (Phi) is 4.06. The van der Waals surface area contributed by atoms with Gasteiger partial charge < -0.3 is 5.32 Å². The summed E-state index contributed by atoms with van der Waals surface area (Å²) in [7, 11) is 0. The van der Waals surface area contributed by atoms with Crippen LogP contribution in [0.1, 0.15) is 13.3 Å². The van der Waals surface area contributed by atoms with Crippen molar-refractivity contribution in [2.45, 2.75) is 13.3 Å². The highest BCUT2D eigenvalue weighted by Crippen LogP contribution is 2.02. The van der Waals surface area contributed by atoms with Crippen LogP contribution in [0.5, 0.6) is 0 Å². The third-order valence-corrected chi connectivity index (χ3v) is 1.55. The third kappa shape index (κ3) is 2.45. The van der Waals surface area contributed by atoms with Crippen LogP contribution in [0.3, 0.4) is 0 Å². The van der Waals surface area contributed by atoms with Crippen LogP contribution in [0.2, 0.25) is 0 Å². The number of nitrogens with one attached hydrogen (secondary N) is 1. The summed E-state index contributed by atoms with van der Waals surface area (Å²) in [5.41, 5.74) is 0. The Balaban J connectivity index is 0.000000640. The summed E-state index contributed by atoms with van der Waals surface area (Å²) in [5, 5.41) is 3.14. The summed E-state index contributed by atoms with van der Waals surface area (Å²) in [4.78, 5) is 10.8. The zero-order valence-electron chi connectivity index (χ0n) is 5.52. The molecule has 3 heteroatoms. The normalized spacial score (nSPS) is 27.2. The van der Waals surface area contributed by atoms with Crippen molar-refractivity contribution in [3.8, 4) is 0 Å². The maximum Gasteiger partial charge on any atom is 0.138 e. The third-order valence-electron chi connectivity index (χ3n) is 1.55. The highest BCUT2D eigenvalue weighted by Gasteiger charge is 2.15. The summed E-state index contributed by atoms with van der Waals surface area (Å²) in [5.74, 6) is 0.660. The lowest BCUT2D eigenvalue weighted by atomic mass is 10.0. The summed E-state index contributed by atoms with van der Waals surface area (Å²) in [6.07, 6.45) is 0.723. The molecular formula is C6H12BrNO. The van der Waals surface area contributed by atoms with E-state index in [1.165, 1.54) is 0 Å². The number of halogens is 1. The minimum Gasteiger partial charge on any atom is -0.316 e. The smallest absolute Gasteiger partial charge is 0.138 e. The van der Waals surface area contributed by atoms with Crippen molar-refractivity contribution >= 4 is 22.8 Å². The lowest BCUT2D eigenvalue weighted by Crippen LogP contribution is -2.34. The first-order valence-electron chi connectivity index (χ1n) is 3.04. The zero-order valence-corrected chi connectivity index (χ0v) is 7.23. The van der Waals surface area contributed by atoms with Crippen molar-refractivity contribution in [3.63, 3.8) is 0 Å².